The predicted molar refractivity (Wildman–Crippen MR) is 86.9 cm³/mol. The van der Waals surface area contributed by atoms with E-state index in [0.717, 1.165) is 22.6 Å². The normalized spacial score (nSPS) is 16.7. The Balaban J connectivity index is 1.79. The molecule has 6 nitrogen and oxygen atoms in total. The second-order valence-corrected chi connectivity index (χ2v) is 5.19. The number of hydrogen-bond donors (Lipinski definition) is 2. The Kier molecular flexibility index (Phi) is 4.45. The number of nitrogens with two attached hydrogens (primary N) is 1. The van der Waals surface area contributed by atoms with E-state index >= 15 is 0 Å². The number of fused-ring (bicyclic) bond motifs is 1. The van der Waals surface area contributed by atoms with Crippen molar-refractivity contribution < 1.29 is 14.3 Å². The Morgan fingerprint density at radius 2 is 2.04 bits per heavy atom. The monoisotopic (exact) mass is 313 g/mol. The van der Waals surface area contributed by atoms with Crippen LogP contribution in [0.4, 0.5) is 10.5 Å². The first-order valence-electron chi connectivity index (χ1n) is 7.34. The summed E-state index contributed by atoms with van der Waals surface area (Å²) >= 11 is 0. The number of para-hydroxylation sites is 2. The lowest BCUT2D eigenvalue weighted by molar-refractivity contribution is 0.0105. The van der Waals surface area contributed by atoms with E-state index in [1.807, 2.05) is 48.5 Å². The first kappa shape index (κ1) is 15.3. The van der Waals surface area contributed by atoms with E-state index in [1.165, 1.54) is 4.90 Å². The van der Waals surface area contributed by atoms with Crippen molar-refractivity contribution in [2.24, 2.45) is 5.73 Å². The van der Waals surface area contributed by atoms with Gasteiger partial charge in [0.1, 0.15) is 5.75 Å². The van der Waals surface area contributed by atoms with Crippen LogP contribution < -0.4 is 20.7 Å². The summed E-state index contributed by atoms with van der Waals surface area (Å²) in [6, 6.07) is 14.7. The molecule has 1 aliphatic rings. The van der Waals surface area contributed by atoms with Crippen molar-refractivity contribution in [3.05, 3.63) is 59.7 Å². The molecule has 0 aromatic heterocycles. The standard InChI is InChI=1S/C17H19N3O3/c1-22-15-9-5-3-6-12(15)10-19-17-20(16(18)21)14-8-4-2-7-13(14)11-23-17/h2-9,17,19H,10-11H2,1H3,(H2,18,21). The second kappa shape index (κ2) is 6.68. The Morgan fingerprint density at radius 1 is 1.30 bits per heavy atom. The largest absolute Gasteiger partial charge is 0.496 e. The zero-order valence-electron chi connectivity index (χ0n) is 12.9. The molecule has 2 amide bonds. The maximum Gasteiger partial charge on any atom is 0.322 e. The van der Waals surface area contributed by atoms with Crippen LogP contribution in [0.25, 0.3) is 0 Å². The average Bonchev–Trinajstić information content (AvgIpc) is 2.59. The van der Waals surface area contributed by atoms with Crippen molar-refractivity contribution in [3.63, 3.8) is 0 Å². The molecule has 120 valence electrons. The number of urea groups is 1. The van der Waals surface area contributed by atoms with Crippen LogP contribution in [0.2, 0.25) is 0 Å². The molecule has 0 fully saturated rings. The van der Waals surface area contributed by atoms with Crippen molar-refractivity contribution in [2.45, 2.75) is 19.5 Å². The van der Waals surface area contributed by atoms with E-state index in [1.54, 1.807) is 7.11 Å². The fourth-order valence-corrected chi connectivity index (χ4v) is 2.67. The summed E-state index contributed by atoms with van der Waals surface area (Å²) in [7, 11) is 1.63. The molecular formula is C17H19N3O3. The van der Waals surface area contributed by atoms with Gasteiger partial charge in [0.15, 0.2) is 6.35 Å². The number of methoxy groups -OCH3 is 1. The second-order valence-electron chi connectivity index (χ2n) is 5.19. The molecule has 1 unspecified atom stereocenters. The highest BCUT2D eigenvalue weighted by Gasteiger charge is 2.30. The van der Waals surface area contributed by atoms with Crippen molar-refractivity contribution in [1.82, 2.24) is 5.32 Å². The van der Waals surface area contributed by atoms with E-state index in [4.69, 9.17) is 15.2 Å². The summed E-state index contributed by atoms with van der Waals surface area (Å²) in [4.78, 5) is 13.3. The molecule has 1 aliphatic heterocycles. The van der Waals surface area contributed by atoms with Crippen molar-refractivity contribution in [2.75, 3.05) is 12.0 Å². The lowest BCUT2D eigenvalue weighted by Crippen LogP contribution is -2.54. The number of nitrogens with one attached hydrogen (secondary N) is 1. The molecular weight excluding hydrogens is 294 g/mol. The van der Waals surface area contributed by atoms with E-state index in [0.29, 0.717) is 13.2 Å². The molecule has 6 heteroatoms. The average molecular weight is 313 g/mol. The SMILES string of the molecule is COc1ccccc1CNC1OCc2ccccc2N1C(N)=O. The molecule has 2 aromatic rings. The first-order valence-corrected chi connectivity index (χ1v) is 7.34. The minimum atomic E-state index is -0.618. The van der Waals surface area contributed by atoms with E-state index in [-0.39, 0.29) is 0 Å². The van der Waals surface area contributed by atoms with Gasteiger partial charge in [-0.15, -0.1) is 0 Å². The van der Waals surface area contributed by atoms with Crippen LogP contribution in [0.1, 0.15) is 11.1 Å². The van der Waals surface area contributed by atoms with Gasteiger partial charge in [0, 0.05) is 17.7 Å². The van der Waals surface area contributed by atoms with Gasteiger partial charge in [0.25, 0.3) is 0 Å². The van der Waals surface area contributed by atoms with Gasteiger partial charge < -0.3 is 15.2 Å². The molecule has 1 heterocycles. The van der Waals surface area contributed by atoms with Gasteiger partial charge in [-0.3, -0.25) is 10.2 Å². The number of hydrogen-bond acceptors (Lipinski definition) is 4. The number of carbonyl (C=O) groups is 1. The molecule has 3 N–H and O–H groups in total. The molecule has 23 heavy (non-hydrogen) atoms. The van der Waals surface area contributed by atoms with Crippen LogP contribution in [-0.4, -0.2) is 19.5 Å². The molecule has 2 aromatic carbocycles. The summed E-state index contributed by atoms with van der Waals surface area (Å²) in [6.45, 7) is 0.907. The fraction of sp³-hybridized carbons (Fsp3) is 0.235. The van der Waals surface area contributed by atoms with Crippen LogP contribution in [0.3, 0.4) is 0 Å². The van der Waals surface area contributed by atoms with Crippen LogP contribution in [-0.2, 0) is 17.9 Å². The zero-order chi connectivity index (χ0) is 16.2. The third kappa shape index (κ3) is 3.13. The van der Waals surface area contributed by atoms with Gasteiger partial charge in [0.2, 0.25) is 0 Å². The van der Waals surface area contributed by atoms with Gasteiger partial charge in [-0.1, -0.05) is 36.4 Å². The molecule has 0 radical (unpaired) electrons. The maximum absolute atomic E-state index is 11.9. The Labute approximate surface area is 134 Å². The number of primary amides is 1. The predicted octanol–water partition coefficient (Wildman–Crippen LogP) is 2.18. The quantitative estimate of drug-likeness (QED) is 0.907. The van der Waals surface area contributed by atoms with E-state index in [2.05, 4.69) is 5.32 Å². The topological polar surface area (TPSA) is 76.8 Å². The van der Waals surface area contributed by atoms with Crippen molar-refractivity contribution >= 4 is 11.7 Å². The highest BCUT2D eigenvalue weighted by Crippen LogP contribution is 2.28. The molecule has 3 rings (SSSR count). The number of anilines is 1. The summed E-state index contributed by atoms with van der Waals surface area (Å²) in [5, 5.41) is 3.21. The summed E-state index contributed by atoms with van der Waals surface area (Å²) < 4.78 is 11.1. The minimum absolute atomic E-state index is 0.420. The van der Waals surface area contributed by atoms with Crippen LogP contribution in [0, 0.1) is 0 Å². The lowest BCUT2D eigenvalue weighted by atomic mass is 10.1. The van der Waals surface area contributed by atoms with E-state index in [9.17, 15) is 4.79 Å². The summed E-state index contributed by atoms with van der Waals surface area (Å²) in [5.41, 5.74) is 8.21. The maximum atomic E-state index is 11.9. The summed E-state index contributed by atoms with van der Waals surface area (Å²) in [5.74, 6) is 0.779. The number of ether oxygens (including phenoxy) is 2. The molecule has 0 spiro atoms. The highest BCUT2D eigenvalue weighted by molar-refractivity contribution is 5.92. The molecule has 0 saturated heterocycles. The van der Waals surface area contributed by atoms with Crippen LogP contribution in [0.5, 0.6) is 5.75 Å². The summed E-state index contributed by atoms with van der Waals surface area (Å²) in [6.07, 6.45) is -0.618. The van der Waals surface area contributed by atoms with Gasteiger partial charge >= 0.3 is 6.03 Å². The van der Waals surface area contributed by atoms with Crippen molar-refractivity contribution in [1.29, 1.82) is 0 Å². The molecule has 0 saturated carbocycles. The van der Waals surface area contributed by atoms with Gasteiger partial charge in [0.05, 0.1) is 19.4 Å². The van der Waals surface area contributed by atoms with Gasteiger partial charge in [-0.2, -0.15) is 0 Å². The Morgan fingerprint density at radius 3 is 2.83 bits per heavy atom. The van der Waals surface area contributed by atoms with Crippen molar-refractivity contribution in [3.8, 4) is 5.75 Å². The molecule has 1 atom stereocenters. The third-order valence-corrected chi connectivity index (χ3v) is 3.78. The Hall–Kier alpha value is -2.57. The number of rotatable bonds is 4. The first-order chi connectivity index (χ1) is 11.2. The lowest BCUT2D eigenvalue weighted by Gasteiger charge is -2.36. The number of benzene rings is 2. The van der Waals surface area contributed by atoms with Gasteiger partial charge in [-0.25, -0.2) is 4.79 Å². The van der Waals surface area contributed by atoms with Gasteiger partial charge in [-0.05, 0) is 12.1 Å². The van der Waals surface area contributed by atoms with Crippen LogP contribution >= 0.6 is 0 Å². The highest BCUT2D eigenvalue weighted by atomic mass is 16.5. The zero-order valence-corrected chi connectivity index (χ0v) is 12.9. The number of carbonyl (C=O) groups excluding carboxylic acids is 1. The Bertz CT molecular complexity index is 705. The molecule has 0 bridgehead atoms. The smallest absolute Gasteiger partial charge is 0.322 e. The number of amides is 2. The van der Waals surface area contributed by atoms with E-state index < -0.39 is 12.4 Å². The third-order valence-electron chi connectivity index (χ3n) is 3.78. The fourth-order valence-electron chi connectivity index (χ4n) is 2.67. The number of nitrogens with zero attached hydrogens (tertiary/aromatic N) is 1. The van der Waals surface area contributed by atoms with Crippen LogP contribution in [0.15, 0.2) is 48.5 Å². The molecule has 0 aliphatic carbocycles. The minimum Gasteiger partial charge on any atom is -0.496 e.